The minimum Gasteiger partial charge on any atom is -0.308 e. The van der Waals surface area contributed by atoms with Gasteiger partial charge in [0.05, 0.1) is 28.4 Å². The van der Waals surface area contributed by atoms with Gasteiger partial charge in [-0.3, -0.25) is 0 Å². The van der Waals surface area contributed by atoms with Gasteiger partial charge in [-0.25, -0.2) is 15.0 Å². The monoisotopic (exact) mass is 583 g/mol. The van der Waals surface area contributed by atoms with E-state index in [4.69, 9.17) is 9.97 Å². The summed E-state index contributed by atoms with van der Waals surface area (Å²) in [7, 11) is 0. The molecule has 0 saturated heterocycles. The van der Waals surface area contributed by atoms with Crippen molar-refractivity contribution in [2.45, 2.75) is 41.5 Å². The molecule has 7 rings (SSSR count). The zero-order valence-electron chi connectivity index (χ0n) is 26.4. The zero-order valence-corrected chi connectivity index (χ0v) is 26.4. The molecule has 0 saturated carbocycles. The van der Waals surface area contributed by atoms with Crippen LogP contribution in [0.1, 0.15) is 39.5 Å². The summed E-state index contributed by atoms with van der Waals surface area (Å²) in [5.41, 5.74) is 14.1. The Balaban J connectivity index is 1.59. The first-order valence-corrected chi connectivity index (χ1v) is 15.2. The SMILES string of the molecule is Cc1ccc(-c2ccc3c4ccc(-c5ccc(C)cc5C)cc4n(-c4ccc(C#N)cc4-c4nc(C)nc(C)n4)c3c2)c(C)c1. The molecule has 5 aromatic carbocycles. The van der Waals surface area contributed by atoms with Crippen LogP contribution in [0.25, 0.3) is 61.1 Å². The summed E-state index contributed by atoms with van der Waals surface area (Å²) < 4.78 is 2.32. The molecule has 45 heavy (non-hydrogen) atoms. The molecule has 0 aliphatic carbocycles. The van der Waals surface area contributed by atoms with Crippen molar-refractivity contribution in [1.82, 2.24) is 19.5 Å². The van der Waals surface area contributed by atoms with Crippen LogP contribution in [0.3, 0.4) is 0 Å². The van der Waals surface area contributed by atoms with Crippen molar-refractivity contribution in [3.63, 3.8) is 0 Å². The Labute approximate surface area is 263 Å². The van der Waals surface area contributed by atoms with Gasteiger partial charge in [-0.05, 0) is 105 Å². The molecule has 0 amide bonds. The molecule has 0 spiro atoms. The predicted molar refractivity (Wildman–Crippen MR) is 184 cm³/mol. The molecule has 0 aliphatic rings. The quantitative estimate of drug-likeness (QED) is 0.207. The van der Waals surface area contributed by atoms with Crippen molar-refractivity contribution in [1.29, 1.82) is 5.26 Å². The van der Waals surface area contributed by atoms with Gasteiger partial charge in [0.15, 0.2) is 5.82 Å². The number of aryl methyl sites for hydroxylation is 6. The third-order valence-corrected chi connectivity index (χ3v) is 8.62. The van der Waals surface area contributed by atoms with E-state index in [1.165, 1.54) is 33.4 Å². The second-order valence-corrected chi connectivity index (χ2v) is 12.0. The van der Waals surface area contributed by atoms with Crippen molar-refractivity contribution >= 4 is 21.8 Å². The average molecular weight is 584 g/mol. The third-order valence-electron chi connectivity index (χ3n) is 8.62. The number of rotatable bonds is 4. The molecule has 0 unspecified atom stereocenters. The number of hydrogen-bond acceptors (Lipinski definition) is 4. The van der Waals surface area contributed by atoms with E-state index in [9.17, 15) is 5.26 Å². The van der Waals surface area contributed by atoms with Crippen LogP contribution in [-0.2, 0) is 0 Å². The summed E-state index contributed by atoms with van der Waals surface area (Å²) in [6.07, 6.45) is 0. The van der Waals surface area contributed by atoms with Crippen LogP contribution in [0.4, 0.5) is 0 Å². The first-order chi connectivity index (χ1) is 21.7. The summed E-state index contributed by atoms with van der Waals surface area (Å²) in [4.78, 5) is 13.9. The van der Waals surface area contributed by atoms with Crippen molar-refractivity contribution in [3.8, 4) is 45.4 Å². The maximum absolute atomic E-state index is 9.89. The highest BCUT2D eigenvalue weighted by molar-refractivity contribution is 6.11. The lowest BCUT2D eigenvalue weighted by atomic mass is 9.96. The topological polar surface area (TPSA) is 67.4 Å². The molecular formula is C40H33N5. The largest absolute Gasteiger partial charge is 0.308 e. The van der Waals surface area contributed by atoms with E-state index >= 15 is 0 Å². The van der Waals surface area contributed by atoms with Crippen LogP contribution in [0.2, 0.25) is 0 Å². The van der Waals surface area contributed by atoms with Crippen molar-refractivity contribution in [2.24, 2.45) is 0 Å². The molecular weight excluding hydrogens is 550 g/mol. The second kappa shape index (κ2) is 10.8. The highest BCUT2D eigenvalue weighted by atomic mass is 15.0. The van der Waals surface area contributed by atoms with Gasteiger partial charge in [0.25, 0.3) is 0 Å². The fourth-order valence-electron chi connectivity index (χ4n) is 6.60. The number of hydrogen-bond donors (Lipinski definition) is 0. The predicted octanol–water partition coefficient (Wildman–Crippen LogP) is 9.69. The number of aromatic nitrogens is 4. The Hall–Kier alpha value is -5.60. The van der Waals surface area contributed by atoms with E-state index in [-0.39, 0.29) is 0 Å². The summed E-state index contributed by atoms with van der Waals surface area (Å²) in [6, 6.07) is 34.8. The summed E-state index contributed by atoms with van der Waals surface area (Å²) in [5, 5.41) is 12.2. The van der Waals surface area contributed by atoms with Gasteiger partial charge in [-0.2, -0.15) is 5.26 Å². The Bertz CT molecular complexity index is 2220. The fourth-order valence-corrected chi connectivity index (χ4v) is 6.60. The van der Waals surface area contributed by atoms with Crippen LogP contribution in [-0.4, -0.2) is 19.5 Å². The second-order valence-electron chi connectivity index (χ2n) is 12.0. The first-order valence-electron chi connectivity index (χ1n) is 15.2. The van der Waals surface area contributed by atoms with Crippen molar-refractivity contribution in [3.05, 3.63) is 130 Å². The third kappa shape index (κ3) is 4.95. The van der Waals surface area contributed by atoms with Crippen molar-refractivity contribution < 1.29 is 0 Å². The molecule has 0 bridgehead atoms. The highest BCUT2D eigenvalue weighted by Gasteiger charge is 2.20. The molecule has 0 aliphatic heterocycles. The molecule has 5 heteroatoms. The molecule has 7 aromatic rings. The molecule has 0 atom stereocenters. The van der Waals surface area contributed by atoms with Gasteiger partial charge in [0.2, 0.25) is 0 Å². The van der Waals surface area contributed by atoms with Gasteiger partial charge < -0.3 is 4.57 Å². The van der Waals surface area contributed by atoms with E-state index < -0.39 is 0 Å². The Morgan fingerprint density at radius 3 is 1.56 bits per heavy atom. The van der Waals surface area contributed by atoms with Crippen LogP contribution >= 0.6 is 0 Å². The normalized spacial score (nSPS) is 11.3. The summed E-state index contributed by atoms with van der Waals surface area (Å²) in [6.45, 7) is 12.3. The maximum atomic E-state index is 9.89. The highest BCUT2D eigenvalue weighted by Crippen LogP contribution is 2.40. The van der Waals surface area contributed by atoms with E-state index in [0.717, 1.165) is 44.2 Å². The van der Waals surface area contributed by atoms with E-state index in [2.05, 4.69) is 116 Å². The molecule has 5 nitrogen and oxygen atoms in total. The van der Waals surface area contributed by atoms with E-state index in [1.54, 1.807) is 0 Å². The first kappa shape index (κ1) is 28.2. The number of nitriles is 1. The van der Waals surface area contributed by atoms with Gasteiger partial charge >= 0.3 is 0 Å². The lowest BCUT2D eigenvalue weighted by Gasteiger charge is -2.15. The van der Waals surface area contributed by atoms with E-state index in [1.807, 2.05) is 32.0 Å². The van der Waals surface area contributed by atoms with Gasteiger partial charge in [0, 0.05) is 16.3 Å². The Morgan fingerprint density at radius 1 is 0.533 bits per heavy atom. The Kier molecular flexibility index (Phi) is 6.79. The lowest BCUT2D eigenvalue weighted by Crippen LogP contribution is -2.04. The number of nitrogens with zero attached hydrogens (tertiary/aromatic N) is 5. The molecule has 0 radical (unpaired) electrons. The van der Waals surface area contributed by atoms with Crippen LogP contribution in [0.15, 0.2) is 91.0 Å². The van der Waals surface area contributed by atoms with Crippen LogP contribution in [0, 0.1) is 52.9 Å². The molecule has 2 aromatic heterocycles. The smallest absolute Gasteiger partial charge is 0.165 e. The van der Waals surface area contributed by atoms with Gasteiger partial charge in [-0.15, -0.1) is 0 Å². The average Bonchev–Trinajstić information content (AvgIpc) is 3.33. The number of benzene rings is 5. The van der Waals surface area contributed by atoms with Gasteiger partial charge in [0.1, 0.15) is 11.6 Å². The summed E-state index contributed by atoms with van der Waals surface area (Å²) in [5.74, 6) is 1.84. The summed E-state index contributed by atoms with van der Waals surface area (Å²) >= 11 is 0. The zero-order chi connectivity index (χ0) is 31.4. The maximum Gasteiger partial charge on any atom is 0.165 e. The van der Waals surface area contributed by atoms with Crippen molar-refractivity contribution in [2.75, 3.05) is 0 Å². The van der Waals surface area contributed by atoms with Crippen LogP contribution in [0.5, 0.6) is 0 Å². The minimum atomic E-state index is 0.553. The molecule has 0 fully saturated rings. The molecule has 2 heterocycles. The van der Waals surface area contributed by atoms with E-state index in [0.29, 0.717) is 23.0 Å². The molecule has 0 N–H and O–H groups in total. The Morgan fingerprint density at radius 2 is 1.07 bits per heavy atom. The standard InChI is InChI=1S/C40H33N5/c1-23-7-12-32(25(3)17-23)30-10-14-34-35-15-11-31(33-13-8-24(2)18-26(33)4)21-39(35)45(38(34)20-30)37-16-9-29(22-41)19-36(37)40-43-27(5)42-28(6)44-40/h7-21H,1-6H3. The van der Waals surface area contributed by atoms with Gasteiger partial charge in [-0.1, -0.05) is 71.8 Å². The lowest BCUT2D eigenvalue weighted by molar-refractivity contribution is 0.926. The van der Waals surface area contributed by atoms with Crippen LogP contribution < -0.4 is 0 Å². The number of fused-ring (bicyclic) bond motifs is 3. The fraction of sp³-hybridized carbons (Fsp3) is 0.150. The molecule has 218 valence electrons. The minimum absolute atomic E-state index is 0.553.